The standard InChI is InChI=1S/C18H15ClN2O3/c1-10(2)16(22)20-15-8-7-11(9-14(15)19)21-17(23)12-5-3-4-6-13(12)18(21)24/h3-10H,1-2H3,(H,20,22). The normalized spacial score (nSPS) is 13.4. The van der Waals surface area contributed by atoms with Gasteiger partial charge in [-0.15, -0.1) is 0 Å². The molecule has 2 aromatic rings. The Kier molecular flexibility index (Phi) is 4.11. The zero-order valence-electron chi connectivity index (χ0n) is 13.2. The summed E-state index contributed by atoms with van der Waals surface area (Å²) in [5, 5.41) is 2.97. The molecule has 0 saturated carbocycles. The van der Waals surface area contributed by atoms with Gasteiger partial charge in [0.15, 0.2) is 0 Å². The maximum Gasteiger partial charge on any atom is 0.266 e. The smallest absolute Gasteiger partial charge is 0.266 e. The maximum absolute atomic E-state index is 12.5. The highest BCUT2D eigenvalue weighted by Gasteiger charge is 2.36. The summed E-state index contributed by atoms with van der Waals surface area (Å²) < 4.78 is 0. The number of imide groups is 1. The van der Waals surface area contributed by atoms with Crippen molar-refractivity contribution in [2.24, 2.45) is 5.92 Å². The summed E-state index contributed by atoms with van der Waals surface area (Å²) in [6.45, 7) is 3.55. The molecule has 0 spiro atoms. The molecule has 24 heavy (non-hydrogen) atoms. The van der Waals surface area contributed by atoms with Crippen LogP contribution in [0.4, 0.5) is 11.4 Å². The first-order chi connectivity index (χ1) is 11.4. The Bertz CT molecular complexity index is 826. The highest BCUT2D eigenvalue weighted by atomic mass is 35.5. The third-order valence-corrected chi connectivity index (χ3v) is 4.10. The lowest BCUT2D eigenvalue weighted by atomic mass is 10.1. The molecule has 1 heterocycles. The fraction of sp³-hybridized carbons (Fsp3) is 0.167. The quantitative estimate of drug-likeness (QED) is 0.864. The molecule has 0 fully saturated rings. The molecular formula is C18H15ClN2O3. The van der Waals surface area contributed by atoms with E-state index in [1.165, 1.54) is 6.07 Å². The van der Waals surface area contributed by atoms with E-state index in [0.29, 0.717) is 22.5 Å². The van der Waals surface area contributed by atoms with Crippen molar-refractivity contribution in [3.8, 4) is 0 Å². The number of hydrogen-bond donors (Lipinski definition) is 1. The van der Waals surface area contributed by atoms with Crippen molar-refractivity contribution >= 4 is 40.7 Å². The number of carbonyl (C=O) groups excluding carboxylic acids is 3. The van der Waals surface area contributed by atoms with Gasteiger partial charge in [-0.05, 0) is 30.3 Å². The van der Waals surface area contributed by atoms with Gasteiger partial charge in [0.2, 0.25) is 5.91 Å². The van der Waals surface area contributed by atoms with E-state index in [1.54, 1.807) is 50.2 Å². The predicted molar refractivity (Wildman–Crippen MR) is 92.5 cm³/mol. The molecule has 0 aromatic heterocycles. The van der Waals surface area contributed by atoms with E-state index in [-0.39, 0.29) is 28.7 Å². The topological polar surface area (TPSA) is 66.5 Å². The minimum Gasteiger partial charge on any atom is -0.325 e. The van der Waals surface area contributed by atoms with Gasteiger partial charge in [-0.3, -0.25) is 14.4 Å². The second kappa shape index (κ2) is 6.09. The van der Waals surface area contributed by atoms with Crippen LogP contribution in [-0.2, 0) is 4.79 Å². The number of benzene rings is 2. The Balaban J connectivity index is 1.92. The molecule has 3 amide bonds. The van der Waals surface area contributed by atoms with Crippen LogP contribution in [0.1, 0.15) is 34.6 Å². The van der Waals surface area contributed by atoms with Gasteiger partial charge < -0.3 is 5.32 Å². The summed E-state index contributed by atoms with van der Waals surface area (Å²) in [4.78, 5) is 37.8. The summed E-state index contributed by atoms with van der Waals surface area (Å²) in [5.74, 6) is -1.11. The lowest BCUT2D eigenvalue weighted by Gasteiger charge is -2.16. The monoisotopic (exact) mass is 342 g/mol. The Morgan fingerprint density at radius 3 is 2.12 bits per heavy atom. The fourth-order valence-corrected chi connectivity index (χ4v) is 2.67. The second-order valence-corrected chi connectivity index (χ2v) is 6.21. The highest BCUT2D eigenvalue weighted by Crippen LogP contribution is 2.32. The Morgan fingerprint density at radius 2 is 1.62 bits per heavy atom. The number of rotatable bonds is 3. The molecule has 1 N–H and O–H groups in total. The number of carbonyl (C=O) groups is 3. The van der Waals surface area contributed by atoms with E-state index in [4.69, 9.17) is 11.6 Å². The minimum atomic E-state index is -0.384. The maximum atomic E-state index is 12.5. The number of halogens is 1. The van der Waals surface area contributed by atoms with Gasteiger partial charge in [0, 0.05) is 5.92 Å². The van der Waals surface area contributed by atoms with Gasteiger partial charge in [-0.2, -0.15) is 0 Å². The highest BCUT2D eigenvalue weighted by molar-refractivity contribution is 6.36. The van der Waals surface area contributed by atoms with Gasteiger partial charge in [0.25, 0.3) is 11.8 Å². The molecule has 5 nitrogen and oxygen atoms in total. The van der Waals surface area contributed by atoms with Crippen LogP contribution in [0.5, 0.6) is 0 Å². The third-order valence-electron chi connectivity index (χ3n) is 3.79. The van der Waals surface area contributed by atoms with Crippen molar-refractivity contribution in [1.29, 1.82) is 0 Å². The van der Waals surface area contributed by atoms with Crippen molar-refractivity contribution in [1.82, 2.24) is 0 Å². The third kappa shape index (κ3) is 2.67. The van der Waals surface area contributed by atoms with Crippen LogP contribution in [0.2, 0.25) is 5.02 Å². The van der Waals surface area contributed by atoms with Crippen molar-refractivity contribution in [3.05, 3.63) is 58.6 Å². The first-order valence-electron chi connectivity index (χ1n) is 7.48. The summed E-state index contributed by atoms with van der Waals surface area (Å²) in [6, 6.07) is 11.3. The summed E-state index contributed by atoms with van der Waals surface area (Å²) in [7, 11) is 0. The zero-order chi connectivity index (χ0) is 17.4. The Hall–Kier alpha value is -2.66. The molecule has 0 radical (unpaired) electrons. The van der Waals surface area contributed by atoms with Crippen LogP contribution in [0.25, 0.3) is 0 Å². The minimum absolute atomic E-state index is 0.162. The van der Waals surface area contributed by atoms with Crippen molar-refractivity contribution in [3.63, 3.8) is 0 Å². The van der Waals surface area contributed by atoms with Gasteiger partial charge in [0.1, 0.15) is 0 Å². The first kappa shape index (κ1) is 16.2. The van der Waals surface area contributed by atoms with E-state index in [2.05, 4.69) is 5.32 Å². The number of hydrogen-bond acceptors (Lipinski definition) is 3. The van der Waals surface area contributed by atoms with E-state index < -0.39 is 0 Å². The Labute approximate surface area is 144 Å². The van der Waals surface area contributed by atoms with Crippen LogP contribution in [0, 0.1) is 5.92 Å². The van der Waals surface area contributed by atoms with Crippen molar-refractivity contribution < 1.29 is 14.4 Å². The lowest BCUT2D eigenvalue weighted by Crippen LogP contribution is -2.29. The molecule has 122 valence electrons. The first-order valence-corrected chi connectivity index (χ1v) is 7.86. The van der Waals surface area contributed by atoms with Gasteiger partial charge in [-0.25, -0.2) is 4.90 Å². The summed E-state index contributed by atoms with van der Waals surface area (Å²) >= 11 is 6.20. The average Bonchev–Trinajstić information content (AvgIpc) is 2.81. The van der Waals surface area contributed by atoms with Gasteiger partial charge >= 0.3 is 0 Å². The summed E-state index contributed by atoms with van der Waals surface area (Å²) in [5.41, 5.74) is 1.55. The molecule has 0 saturated heterocycles. The van der Waals surface area contributed by atoms with Crippen LogP contribution in [0.3, 0.4) is 0 Å². The van der Waals surface area contributed by atoms with E-state index >= 15 is 0 Å². The SMILES string of the molecule is CC(C)C(=O)Nc1ccc(N2C(=O)c3ccccc3C2=O)cc1Cl. The number of fused-ring (bicyclic) bond motifs is 1. The van der Waals surface area contributed by atoms with E-state index in [9.17, 15) is 14.4 Å². The second-order valence-electron chi connectivity index (χ2n) is 5.80. The average molecular weight is 343 g/mol. The predicted octanol–water partition coefficient (Wildman–Crippen LogP) is 3.74. The lowest BCUT2D eigenvalue weighted by molar-refractivity contribution is -0.118. The molecule has 2 aromatic carbocycles. The fourth-order valence-electron chi connectivity index (χ4n) is 2.45. The number of nitrogens with zero attached hydrogens (tertiary/aromatic N) is 1. The van der Waals surface area contributed by atoms with Gasteiger partial charge in [-0.1, -0.05) is 37.6 Å². The molecule has 0 atom stereocenters. The van der Waals surface area contributed by atoms with Crippen LogP contribution in [0.15, 0.2) is 42.5 Å². The number of anilines is 2. The summed E-state index contributed by atoms with van der Waals surface area (Å²) in [6.07, 6.45) is 0. The molecule has 0 aliphatic carbocycles. The zero-order valence-corrected chi connectivity index (χ0v) is 13.9. The Morgan fingerprint density at radius 1 is 1.04 bits per heavy atom. The molecule has 1 aliphatic rings. The van der Waals surface area contributed by atoms with Crippen LogP contribution < -0.4 is 10.2 Å². The van der Waals surface area contributed by atoms with Crippen molar-refractivity contribution in [2.75, 3.05) is 10.2 Å². The van der Waals surface area contributed by atoms with Crippen LogP contribution in [-0.4, -0.2) is 17.7 Å². The van der Waals surface area contributed by atoms with E-state index in [0.717, 1.165) is 4.90 Å². The van der Waals surface area contributed by atoms with E-state index in [1.807, 2.05) is 0 Å². The van der Waals surface area contributed by atoms with Crippen molar-refractivity contribution in [2.45, 2.75) is 13.8 Å². The van der Waals surface area contributed by atoms with Gasteiger partial charge in [0.05, 0.1) is 27.5 Å². The molecule has 0 unspecified atom stereocenters. The molecular weight excluding hydrogens is 328 g/mol. The molecule has 3 rings (SSSR count). The number of amides is 3. The molecule has 6 heteroatoms. The largest absolute Gasteiger partial charge is 0.325 e. The molecule has 0 bridgehead atoms. The number of nitrogens with one attached hydrogen (secondary N) is 1. The molecule has 1 aliphatic heterocycles. The van der Waals surface area contributed by atoms with Crippen LogP contribution >= 0.6 is 11.6 Å².